The van der Waals surface area contributed by atoms with Crippen LogP contribution in [-0.2, 0) is 0 Å². The van der Waals surface area contributed by atoms with Crippen molar-refractivity contribution in [1.82, 2.24) is 20.5 Å². The van der Waals surface area contributed by atoms with Gasteiger partial charge in [0.15, 0.2) is 0 Å². The number of hydrogen-bond donors (Lipinski definition) is 3. The maximum Gasteiger partial charge on any atom is 0.239 e. The summed E-state index contributed by atoms with van der Waals surface area (Å²) < 4.78 is 0. The molecular weight excluding hydrogens is 130 g/mol. The van der Waals surface area contributed by atoms with Gasteiger partial charge in [-0.05, 0) is 14.0 Å². The highest BCUT2D eigenvalue weighted by Gasteiger charge is 2.05. The molecular formula is C5H11N5. The minimum Gasteiger partial charge on any atom is -0.367 e. The molecule has 1 atom stereocenters. The van der Waals surface area contributed by atoms with Crippen molar-refractivity contribution >= 4 is 5.95 Å². The zero-order valence-corrected chi connectivity index (χ0v) is 6.05. The molecule has 1 unspecified atom stereocenters. The largest absolute Gasteiger partial charge is 0.367 e. The summed E-state index contributed by atoms with van der Waals surface area (Å²) >= 11 is 0. The van der Waals surface area contributed by atoms with Gasteiger partial charge in [0.25, 0.3) is 0 Å². The van der Waals surface area contributed by atoms with Crippen molar-refractivity contribution in [2.24, 2.45) is 0 Å². The van der Waals surface area contributed by atoms with Gasteiger partial charge in [0.05, 0.1) is 6.04 Å². The van der Waals surface area contributed by atoms with E-state index in [1.165, 1.54) is 0 Å². The summed E-state index contributed by atoms with van der Waals surface area (Å²) in [5.41, 5.74) is 5.29. The Balaban J connectivity index is 2.74. The molecule has 0 amide bonds. The second kappa shape index (κ2) is 2.66. The Morgan fingerprint density at radius 3 is 2.80 bits per heavy atom. The van der Waals surface area contributed by atoms with Gasteiger partial charge in [0.1, 0.15) is 5.82 Å². The van der Waals surface area contributed by atoms with Gasteiger partial charge in [-0.3, -0.25) is 5.10 Å². The van der Waals surface area contributed by atoms with Crippen LogP contribution in [-0.4, -0.2) is 22.2 Å². The molecule has 5 heteroatoms. The molecule has 1 aromatic rings. The molecule has 0 saturated carbocycles. The number of H-pyrrole nitrogens is 1. The van der Waals surface area contributed by atoms with Crippen molar-refractivity contribution in [2.45, 2.75) is 13.0 Å². The number of rotatable bonds is 2. The summed E-state index contributed by atoms with van der Waals surface area (Å²) in [6.07, 6.45) is 0. The Morgan fingerprint density at radius 1 is 1.70 bits per heavy atom. The third-order valence-electron chi connectivity index (χ3n) is 1.36. The van der Waals surface area contributed by atoms with Crippen LogP contribution < -0.4 is 11.1 Å². The molecule has 0 bridgehead atoms. The first-order chi connectivity index (χ1) is 4.74. The second-order valence-corrected chi connectivity index (χ2v) is 2.09. The lowest BCUT2D eigenvalue weighted by Crippen LogP contribution is -2.13. The zero-order chi connectivity index (χ0) is 7.56. The molecule has 10 heavy (non-hydrogen) atoms. The Hall–Kier alpha value is -1.10. The first-order valence-electron chi connectivity index (χ1n) is 3.09. The van der Waals surface area contributed by atoms with Crippen LogP contribution in [0.4, 0.5) is 5.95 Å². The first kappa shape index (κ1) is 7.01. The number of anilines is 1. The van der Waals surface area contributed by atoms with E-state index in [1.807, 2.05) is 14.0 Å². The molecule has 0 radical (unpaired) electrons. The summed E-state index contributed by atoms with van der Waals surface area (Å²) in [5, 5.41) is 9.40. The molecule has 5 nitrogen and oxygen atoms in total. The number of nitrogen functional groups attached to an aromatic ring is 1. The Bertz CT molecular complexity index is 206. The third kappa shape index (κ3) is 1.24. The van der Waals surface area contributed by atoms with Crippen LogP contribution >= 0.6 is 0 Å². The average molecular weight is 141 g/mol. The van der Waals surface area contributed by atoms with Gasteiger partial charge in [-0.1, -0.05) is 0 Å². The number of nitrogens with one attached hydrogen (secondary N) is 2. The van der Waals surface area contributed by atoms with E-state index in [9.17, 15) is 0 Å². The van der Waals surface area contributed by atoms with Crippen LogP contribution in [0.3, 0.4) is 0 Å². The summed E-state index contributed by atoms with van der Waals surface area (Å²) in [7, 11) is 1.85. The normalized spacial score (nSPS) is 13.4. The van der Waals surface area contributed by atoms with Crippen molar-refractivity contribution in [2.75, 3.05) is 12.8 Å². The van der Waals surface area contributed by atoms with E-state index >= 15 is 0 Å². The van der Waals surface area contributed by atoms with Gasteiger partial charge in [-0.2, -0.15) is 4.98 Å². The predicted molar refractivity (Wildman–Crippen MR) is 38.3 cm³/mol. The zero-order valence-electron chi connectivity index (χ0n) is 6.05. The summed E-state index contributed by atoms with van der Waals surface area (Å²) in [5.74, 6) is 1.05. The van der Waals surface area contributed by atoms with Gasteiger partial charge in [0.2, 0.25) is 5.95 Å². The number of hydrogen-bond acceptors (Lipinski definition) is 4. The molecule has 56 valence electrons. The van der Waals surface area contributed by atoms with Crippen LogP contribution in [0.2, 0.25) is 0 Å². The fourth-order valence-corrected chi connectivity index (χ4v) is 0.618. The standard InChI is InChI=1S/C5H11N5/c1-3(7-2)4-8-5(6)10-9-4/h3,7H,1-2H3,(H3,6,8,9,10). The van der Waals surface area contributed by atoms with E-state index in [4.69, 9.17) is 5.73 Å². The molecule has 0 aliphatic carbocycles. The molecule has 0 aliphatic heterocycles. The van der Waals surface area contributed by atoms with Crippen molar-refractivity contribution in [3.63, 3.8) is 0 Å². The molecule has 0 spiro atoms. The monoisotopic (exact) mass is 141 g/mol. The molecule has 1 aromatic heterocycles. The fourth-order valence-electron chi connectivity index (χ4n) is 0.618. The maximum absolute atomic E-state index is 5.29. The van der Waals surface area contributed by atoms with Crippen LogP contribution in [0.25, 0.3) is 0 Å². The topological polar surface area (TPSA) is 79.6 Å². The minimum absolute atomic E-state index is 0.171. The SMILES string of the molecule is CNC(C)c1nc(N)n[nH]1. The van der Waals surface area contributed by atoms with Crippen molar-refractivity contribution in [1.29, 1.82) is 0 Å². The lowest BCUT2D eigenvalue weighted by atomic mass is 10.3. The molecule has 0 fully saturated rings. The third-order valence-corrected chi connectivity index (χ3v) is 1.36. The first-order valence-corrected chi connectivity index (χ1v) is 3.09. The predicted octanol–water partition coefficient (Wildman–Crippen LogP) is -0.333. The lowest BCUT2D eigenvalue weighted by molar-refractivity contribution is 0.613. The van der Waals surface area contributed by atoms with E-state index in [1.54, 1.807) is 0 Å². The van der Waals surface area contributed by atoms with Crippen LogP contribution in [0.5, 0.6) is 0 Å². The quantitative estimate of drug-likeness (QED) is 0.526. The van der Waals surface area contributed by atoms with Crippen molar-refractivity contribution in [3.05, 3.63) is 5.82 Å². The number of nitrogens with zero attached hydrogens (tertiary/aromatic N) is 2. The van der Waals surface area contributed by atoms with Gasteiger partial charge in [-0.15, -0.1) is 5.10 Å². The molecule has 1 heterocycles. The van der Waals surface area contributed by atoms with Gasteiger partial charge in [0, 0.05) is 0 Å². The van der Waals surface area contributed by atoms with Crippen LogP contribution in [0.1, 0.15) is 18.8 Å². The summed E-state index contributed by atoms with van der Waals surface area (Å²) in [4.78, 5) is 3.93. The number of aromatic amines is 1. The van der Waals surface area contributed by atoms with E-state index < -0.39 is 0 Å². The van der Waals surface area contributed by atoms with Gasteiger partial charge in [-0.25, -0.2) is 0 Å². The van der Waals surface area contributed by atoms with E-state index in [-0.39, 0.29) is 12.0 Å². The lowest BCUT2D eigenvalue weighted by Gasteiger charge is -2.03. The molecule has 4 N–H and O–H groups in total. The number of aromatic nitrogens is 3. The maximum atomic E-state index is 5.29. The van der Waals surface area contributed by atoms with Gasteiger partial charge >= 0.3 is 0 Å². The van der Waals surface area contributed by atoms with Crippen molar-refractivity contribution in [3.8, 4) is 0 Å². The average Bonchev–Trinajstić information content (AvgIpc) is 2.34. The summed E-state index contributed by atoms with van der Waals surface area (Å²) in [6, 6.07) is 0.171. The van der Waals surface area contributed by atoms with Gasteiger partial charge < -0.3 is 11.1 Å². The molecule has 0 aliphatic rings. The molecule has 0 aromatic carbocycles. The van der Waals surface area contributed by atoms with E-state index in [0.29, 0.717) is 0 Å². The Labute approximate surface area is 59.0 Å². The van der Waals surface area contributed by atoms with Crippen LogP contribution in [0.15, 0.2) is 0 Å². The molecule has 0 saturated heterocycles. The van der Waals surface area contributed by atoms with E-state index in [0.717, 1.165) is 5.82 Å². The van der Waals surface area contributed by atoms with E-state index in [2.05, 4.69) is 20.5 Å². The van der Waals surface area contributed by atoms with Crippen LogP contribution in [0, 0.1) is 0 Å². The summed E-state index contributed by atoms with van der Waals surface area (Å²) in [6.45, 7) is 1.97. The van der Waals surface area contributed by atoms with Crippen molar-refractivity contribution < 1.29 is 0 Å². The Morgan fingerprint density at radius 2 is 2.40 bits per heavy atom. The highest BCUT2D eigenvalue weighted by atomic mass is 15.3. The Kier molecular flexibility index (Phi) is 1.86. The smallest absolute Gasteiger partial charge is 0.239 e. The minimum atomic E-state index is 0.171. The number of nitrogens with two attached hydrogens (primary N) is 1. The second-order valence-electron chi connectivity index (χ2n) is 2.09. The highest BCUT2D eigenvalue weighted by Crippen LogP contribution is 2.04. The highest BCUT2D eigenvalue weighted by molar-refractivity contribution is 5.13. The molecule has 1 rings (SSSR count). The fraction of sp³-hybridized carbons (Fsp3) is 0.600.